The smallest absolute Gasteiger partial charge is 0.269 e. The number of anilines is 1. The van der Waals surface area contributed by atoms with Gasteiger partial charge in [0.05, 0.1) is 11.3 Å². The molecule has 3 aromatic carbocycles. The van der Waals surface area contributed by atoms with Crippen molar-refractivity contribution in [3.05, 3.63) is 101 Å². The number of benzene rings is 3. The van der Waals surface area contributed by atoms with E-state index in [1.165, 1.54) is 6.92 Å². The van der Waals surface area contributed by atoms with Gasteiger partial charge in [0.15, 0.2) is 0 Å². The van der Waals surface area contributed by atoms with E-state index in [9.17, 15) is 19.2 Å². The van der Waals surface area contributed by atoms with Crippen LogP contribution in [0.5, 0.6) is 0 Å². The third-order valence-corrected chi connectivity index (χ3v) is 4.81. The lowest BCUT2D eigenvalue weighted by Crippen LogP contribution is -2.51. The molecular formula is C25H24N4O4. The number of hydrogen-bond acceptors (Lipinski definition) is 4. The normalized spacial score (nSPS) is 11.1. The van der Waals surface area contributed by atoms with Crippen LogP contribution in [-0.4, -0.2) is 29.7 Å². The van der Waals surface area contributed by atoms with Gasteiger partial charge in [0.1, 0.15) is 6.04 Å². The quantitative estimate of drug-likeness (QED) is 0.438. The van der Waals surface area contributed by atoms with Crippen molar-refractivity contribution in [2.45, 2.75) is 19.9 Å². The van der Waals surface area contributed by atoms with Crippen molar-refractivity contribution in [2.75, 3.05) is 5.32 Å². The number of nitrogens with one attached hydrogen (secondary N) is 4. The second kappa shape index (κ2) is 10.7. The number of aryl methyl sites for hydroxylation is 1. The molecule has 3 aromatic rings. The van der Waals surface area contributed by atoms with Crippen LogP contribution in [0.2, 0.25) is 0 Å². The fourth-order valence-corrected chi connectivity index (χ4v) is 2.92. The van der Waals surface area contributed by atoms with Gasteiger partial charge in [0.25, 0.3) is 23.6 Å². The number of hydrazine groups is 1. The molecule has 0 bridgehead atoms. The number of carbonyl (C=O) groups excluding carboxylic acids is 4. The molecule has 0 aromatic heterocycles. The molecular weight excluding hydrogens is 420 g/mol. The van der Waals surface area contributed by atoms with Gasteiger partial charge in [-0.1, -0.05) is 48.0 Å². The Morgan fingerprint density at radius 3 is 1.97 bits per heavy atom. The highest BCUT2D eigenvalue weighted by atomic mass is 16.2. The minimum atomic E-state index is -0.950. The summed E-state index contributed by atoms with van der Waals surface area (Å²) in [5.74, 6) is -1.99. The largest absolute Gasteiger partial charge is 0.340 e. The van der Waals surface area contributed by atoms with E-state index < -0.39 is 23.8 Å². The van der Waals surface area contributed by atoms with Gasteiger partial charge in [-0.3, -0.25) is 30.0 Å². The molecule has 0 radical (unpaired) electrons. The monoisotopic (exact) mass is 444 g/mol. The summed E-state index contributed by atoms with van der Waals surface area (Å²) in [4.78, 5) is 49.7. The first kappa shape index (κ1) is 23.2. The Hall–Kier alpha value is -4.46. The summed E-state index contributed by atoms with van der Waals surface area (Å²) in [6.45, 7) is 3.40. The van der Waals surface area contributed by atoms with Crippen LogP contribution in [0.1, 0.15) is 43.6 Å². The fraction of sp³-hybridized carbons (Fsp3) is 0.120. The third-order valence-electron chi connectivity index (χ3n) is 4.81. The van der Waals surface area contributed by atoms with E-state index >= 15 is 0 Å². The molecule has 0 aliphatic rings. The Morgan fingerprint density at radius 1 is 0.667 bits per heavy atom. The molecule has 4 N–H and O–H groups in total. The molecule has 33 heavy (non-hydrogen) atoms. The summed E-state index contributed by atoms with van der Waals surface area (Å²) in [7, 11) is 0. The maximum atomic E-state index is 12.8. The molecule has 0 heterocycles. The maximum absolute atomic E-state index is 12.8. The summed E-state index contributed by atoms with van der Waals surface area (Å²) in [5, 5.41) is 5.30. The highest BCUT2D eigenvalue weighted by Gasteiger charge is 2.20. The van der Waals surface area contributed by atoms with Gasteiger partial charge in [-0.2, -0.15) is 0 Å². The zero-order chi connectivity index (χ0) is 23.8. The average molecular weight is 444 g/mol. The molecule has 3 rings (SSSR count). The number of rotatable bonds is 6. The molecule has 4 amide bonds. The van der Waals surface area contributed by atoms with Crippen molar-refractivity contribution in [2.24, 2.45) is 0 Å². The van der Waals surface area contributed by atoms with Crippen LogP contribution in [0, 0.1) is 6.92 Å². The predicted molar refractivity (Wildman–Crippen MR) is 125 cm³/mol. The zero-order valence-electron chi connectivity index (χ0n) is 18.2. The fourth-order valence-electron chi connectivity index (χ4n) is 2.92. The number of hydrogen-bond donors (Lipinski definition) is 4. The van der Waals surface area contributed by atoms with Crippen LogP contribution in [0.4, 0.5) is 5.69 Å². The lowest BCUT2D eigenvalue weighted by atomic mass is 10.1. The van der Waals surface area contributed by atoms with Crippen molar-refractivity contribution in [3.63, 3.8) is 0 Å². The lowest BCUT2D eigenvalue weighted by Gasteiger charge is -2.16. The van der Waals surface area contributed by atoms with Crippen LogP contribution < -0.4 is 21.5 Å². The highest BCUT2D eigenvalue weighted by Crippen LogP contribution is 2.17. The van der Waals surface area contributed by atoms with Crippen molar-refractivity contribution in [1.29, 1.82) is 0 Å². The van der Waals surface area contributed by atoms with E-state index in [0.29, 0.717) is 16.8 Å². The van der Waals surface area contributed by atoms with E-state index in [0.717, 1.165) is 5.56 Å². The Bertz CT molecular complexity index is 1160. The van der Waals surface area contributed by atoms with Crippen molar-refractivity contribution < 1.29 is 19.2 Å². The average Bonchev–Trinajstić information content (AvgIpc) is 2.83. The third kappa shape index (κ3) is 6.27. The van der Waals surface area contributed by atoms with Gasteiger partial charge >= 0.3 is 0 Å². The molecule has 0 aliphatic carbocycles. The molecule has 1 atom stereocenters. The Labute approximate surface area is 191 Å². The van der Waals surface area contributed by atoms with Crippen molar-refractivity contribution in [3.8, 4) is 0 Å². The van der Waals surface area contributed by atoms with Crippen molar-refractivity contribution >= 4 is 29.3 Å². The summed E-state index contributed by atoms with van der Waals surface area (Å²) in [6, 6.07) is 21.0. The molecule has 0 spiro atoms. The molecule has 8 nitrogen and oxygen atoms in total. The van der Waals surface area contributed by atoms with E-state index in [2.05, 4.69) is 21.5 Å². The summed E-state index contributed by atoms with van der Waals surface area (Å²) in [5.41, 5.74) is 6.97. The Morgan fingerprint density at radius 2 is 1.27 bits per heavy atom. The van der Waals surface area contributed by atoms with Crippen LogP contribution in [-0.2, 0) is 4.79 Å². The van der Waals surface area contributed by atoms with E-state index in [4.69, 9.17) is 0 Å². The summed E-state index contributed by atoms with van der Waals surface area (Å²) < 4.78 is 0. The first-order valence-electron chi connectivity index (χ1n) is 10.3. The Kier molecular flexibility index (Phi) is 7.54. The number of carbonyl (C=O) groups is 4. The van der Waals surface area contributed by atoms with Gasteiger partial charge in [0.2, 0.25) is 0 Å². The second-order valence-electron chi connectivity index (χ2n) is 7.37. The summed E-state index contributed by atoms with van der Waals surface area (Å²) in [6.07, 6.45) is 0. The predicted octanol–water partition coefficient (Wildman–Crippen LogP) is 2.83. The second-order valence-corrected chi connectivity index (χ2v) is 7.37. The SMILES string of the molecule is Cc1ccc(C(=O)Nc2ccccc2C(=O)N[C@@H](C)C(=O)NNC(=O)c2ccccc2)cc1. The molecule has 0 saturated heterocycles. The van der Waals surface area contributed by atoms with Crippen LogP contribution in [0.15, 0.2) is 78.9 Å². The maximum Gasteiger partial charge on any atom is 0.269 e. The van der Waals surface area contributed by atoms with E-state index in [1.54, 1.807) is 66.7 Å². The van der Waals surface area contributed by atoms with Gasteiger partial charge in [-0.15, -0.1) is 0 Å². The highest BCUT2D eigenvalue weighted by molar-refractivity contribution is 6.09. The van der Waals surface area contributed by atoms with Gasteiger partial charge in [-0.05, 0) is 50.2 Å². The standard InChI is InChI=1S/C25H24N4O4/c1-16-12-14-19(15-13-16)23(31)27-21-11-7-6-10-20(21)25(33)26-17(2)22(30)28-29-24(32)18-8-4-3-5-9-18/h3-15,17H,1-2H3,(H,26,33)(H,27,31)(H,28,30)(H,29,32)/t17-/m0/s1. The minimum Gasteiger partial charge on any atom is -0.340 e. The topological polar surface area (TPSA) is 116 Å². The zero-order valence-corrected chi connectivity index (χ0v) is 18.2. The van der Waals surface area contributed by atoms with E-state index in [-0.39, 0.29) is 11.5 Å². The lowest BCUT2D eigenvalue weighted by molar-refractivity contribution is -0.123. The summed E-state index contributed by atoms with van der Waals surface area (Å²) >= 11 is 0. The van der Waals surface area contributed by atoms with Crippen LogP contribution >= 0.6 is 0 Å². The molecule has 168 valence electrons. The number of amides is 4. The van der Waals surface area contributed by atoms with E-state index in [1.807, 2.05) is 19.1 Å². The van der Waals surface area contributed by atoms with Gasteiger partial charge < -0.3 is 10.6 Å². The van der Waals surface area contributed by atoms with Gasteiger partial charge in [0, 0.05) is 11.1 Å². The first-order chi connectivity index (χ1) is 15.8. The minimum absolute atomic E-state index is 0.200. The van der Waals surface area contributed by atoms with Crippen LogP contribution in [0.3, 0.4) is 0 Å². The van der Waals surface area contributed by atoms with Gasteiger partial charge in [-0.25, -0.2) is 0 Å². The molecule has 8 heteroatoms. The molecule has 0 fully saturated rings. The number of para-hydroxylation sites is 1. The molecule has 0 saturated carbocycles. The Balaban J connectivity index is 1.60. The molecule has 0 aliphatic heterocycles. The van der Waals surface area contributed by atoms with Crippen molar-refractivity contribution in [1.82, 2.24) is 16.2 Å². The first-order valence-corrected chi connectivity index (χ1v) is 10.3. The van der Waals surface area contributed by atoms with Crippen LogP contribution in [0.25, 0.3) is 0 Å². The molecule has 0 unspecified atom stereocenters.